The summed E-state index contributed by atoms with van der Waals surface area (Å²) in [5.41, 5.74) is 0.729. The third kappa shape index (κ3) is 3.89. The number of halogens is 2. The van der Waals surface area contributed by atoms with Gasteiger partial charge in [0.25, 0.3) is 0 Å². The molecule has 0 bridgehead atoms. The van der Waals surface area contributed by atoms with E-state index in [1.165, 1.54) is 19.3 Å². The number of nitrogens with one attached hydrogen (secondary N) is 2. The predicted molar refractivity (Wildman–Crippen MR) is 78.2 cm³/mol. The van der Waals surface area contributed by atoms with Crippen LogP contribution < -0.4 is 10.6 Å². The first kappa shape index (κ1) is 13.7. The summed E-state index contributed by atoms with van der Waals surface area (Å²) in [6.07, 6.45) is 5.85. The second-order valence-corrected chi connectivity index (χ2v) is 5.85. The van der Waals surface area contributed by atoms with Gasteiger partial charge in [0.1, 0.15) is 0 Å². The van der Waals surface area contributed by atoms with Crippen LogP contribution in [-0.2, 0) is 0 Å². The number of benzene rings is 1. The Morgan fingerprint density at radius 3 is 2.67 bits per heavy atom. The molecule has 0 atom stereocenters. The topological polar surface area (TPSA) is 41.1 Å². The van der Waals surface area contributed by atoms with E-state index in [1.807, 2.05) is 0 Å². The van der Waals surface area contributed by atoms with Crippen LogP contribution in [0.5, 0.6) is 0 Å². The maximum Gasteiger partial charge on any atom is 0.319 e. The minimum Gasteiger partial charge on any atom is -0.335 e. The number of amides is 2. The maximum absolute atomic E-state index is 11.8. The summed E-state index contributed by atoms with van der Waals surface area (Å²) in [6, 6.07) is 5.46. The van der Waals surface area contributed by atoms with Crippen LogP contribution in [0.15, 0.2) is 22.7 Å². The van der Waals surface area contributed by atoms with Gasteiger partial charge in [-0.3, -0.25) is 0 Å². The van der Waals surface area contributed by atoms with Crippen LogP contribution in [-0.4, -0.2) is 12.1 Å². The van der Waals surface area contributed by atoms with Gasteiger partial charge in [-0.2, -0.15) is 0 Å². The number of hydrogen-bond acceptors (Lipinski definition) is 1. The Morgan fingerprint density at radius 1 is 1.28 bits per heavy atom. The second kappa shape index (κ2) is 6.43. The first-order valence-electron chi connectivity index (χ1n) is 6.18. The van der Waals surface area contributed by atoms with Gasteiger partial charge in [-0.1, -0.05) is 30.9 Å². The lowest BCUT2D eigenvalue weighted by Gasteiger charge is -2.23. The number of carbonyl (C=O) groups is 1. The molecule has 2 rings (SSSR count). The van der Waals surface area contributed by atoms with Gasteiger partial charge in [-0.15, -0.1) is 0 Å². The Kier molecular flexibility index (Phi) is 4.89. The summed E-state index contributed by atoms with van der Waals surface area (Å²) in [6.45, 7) is 0. The van der Waals surface area contributed by atoms with Crippen LogP contribution in [0.2, 0.25) is 5.02 Å². The zero-order valence-electron chi connectivity index (χ0n) is 10.0. The van der Waals surface area contributed by atoms with E-state index in [2.05, 4.69) is 26.6 Å². The molecule has 3 nitrogen and oxygen atoms in total. The summed E-state index contributed by atoms with van der Waals surface area (Å²) in [5, 5.41) is 6.47. The molecule has 0 spiro atoms. The molecule has 1 aliphatic rings. The van der Waals surface area contributed by atoms with E-state index in [0.717, 1.165) is 23.0 Å². The van der Waals surface area contributed by atoms with E-state index in [9.17, 15) is 4.79 Å². The molecule has 1 aromatic rings. The molecule has 5 heteroatoms. The molecule has 0 radical (unpaired) electrons. The standard InChI is InChI=1S/C13H16BrClN2O/c14-11-8-9(15)6-7-12(11)17-13(18)16-10-4-2-1-3-5-10/h6-8,10H,1-5H2,(H2,16,17,18). The maximum atomic E-state index is 11.8. The number of carbonyl (C=O) groups excluding carboxylic acids is 1. The Morgan fingerprint density at radius 2 is 2.00 bits per heavy atom. The minimum absolute atomic E-state index is 0.148. The molecule has 0 unspecified atom stereocenters. The summed E-state index contributed by atoms with van der Waals surface area (Å²) in [7, 11) is 0. The highest BCUT2D eigenvalue weighted by Crippen LogP contribution is 2.26. The number of anilines is 1. The van der Waals surface area contributed by atoms with Crippen molar-refractivity contribution in [1.29, 1.82) is 0 Å². The second-order valence-electron chi connectivity index (χ2n) is 4.56. The molecule has 0 heterocycles. The molecule has 18 heavy (non-hydrogen) atoms. The normalized spacial score (nSPS) is 16.3. The van der Waals surface area contributed by atoms with Crippen molar-refractivity contribution in [1.82, 2.24) is 5.32 Å². The molecular formula is C13H16BrClN2O. The van der Waals surface area contributed by atoms with Crippen LogP contribution in [0.3, 0.4) is 0 Å². The van der Waals surface area contributed by atoms with Crippen molar-refractivity contribution in [3.05, 3.63) is 27.7 Å². The SMILES string of the molecule is O=C(Nc1ccc(Cl)cc1Br)NC1CCCCC1. The van der Waals surface area contributed by atoms with Gasteiger partial charge in [0.2, 0.25) is 0 Å². The quantitative estimate of drug-likeness (QED) is 0.819. The molecule has 1 aromatic carbocycles. The average Bonchev–Trinajstić information content (AvgIpc) is 2.34. The van der Waals surface area contributed by atoms with Gasteiger partial charge in [0.15, 0.2) is 0 Å². The van der Waals surface area contributed by atoms with Crippen molar-refractivity contribution in [2.24, 2.45) is 0 Å². The monoisotopic (exact) mass is 330 g/mol. The molecule has 1 aliphatic carbocycles. The third-order valence-corrected chi connectivity index (χ3v) is 4.01. The van der Waals surface area contributed by atoms with Gasteiger partial charge < -0.3 is 10.6 Å². The molecule has 2 amide bonds. The summed E-state index contributed by atoms with van der Waals surface area (Å²) in [4.78, 5) is 11.8. The highest BCUT2D eigenvalue weighted by molar-refractivity contribution is 9.10. The van der Waals surface area contributed by atoms with E-state index >= 15 is 0 Å². The Hall–Kier alpha value is -0.740. The molecule has 2 N–H and O–H groups in total. The third-order valence-electron chi connectivity index (χ3n) is 3.12. The molecule has 1 fully saturated rings. The van der Waals surface area contributed by atoms with Crippen molar-refractivity contribution in [2.45, 2.75) is 38.1 Å². The Bertz CT molecular complexity index is 433. The Balaban J connectivity index is 1.90. The smallest absolute Gasteiger partial charge is 0.319 e. The lowest BCUT2D eigenvalue weighted by molar-refractivity contribution is 0.244. The zero-order chi connectivity index (χ0) is 13.0. The minimum atomic E-state index is -0.148. The van der Waals surface area contributed by atoms with E-state index in [0.29, 0.717) is 11.1 Å². The average molecular weight is 332 g/mol. The van der Waals surface area contributed by atoms with Crippen LogP contribution in [0.25, 0.3) is 0 Å². The van der Waals surface area contributed by atoms with Crippen molar-refractivity contribution >= 4 is 39.2 Å². The number of rotatable bonds is 2. The van der Waals surface area contributed by atoms with Crippen molar-refractivity contribution in [3.63, 3.8) is 0 Å². The lowest BCUT2D eigenvalue weighted by Crippen LogP contribution is -2.39. The van der Waals surface area contributed by atoms with Crippen LogP contribution in [0.1, 0.15) is 32.1 Å². The molecule has 98 valence electrons. The van der Waals surface area contributed by atoms with Gasteiger partial charge in [-0.05, 0) is 47.0 Å². The van der Waals surface area contributed by atoms with Crippen molar-refractivity contribution in [3.8, 4) is 0 Å². The fourth-order valence-corrected chi connectivity index (χ4v) is 2.96. The molecule has 1 saturated carbocycles. The lowest BCUT2D eigenvalue weighted by atomic mass is 9.96. The summed E-state index contributed by atoms with van der Waals surface area (Å²) < 4.78 is 0.786. The highest BCUT2D eigenvalue weighted by atomic mass is 79.9. The van der Waals surface area contributed by atoms with Crippen LogP contribution in [0.4, 0.5) is 10.5 Å². The van der Waals surface area contributed by atoms with Gasteiger partial charge in [0.05, 0.1) is 5.69 Å². The zero-order valence-corrected chi connectivity index (χ0v) is 12.4. The van der Waals surface area contributed by atoms with Crippen molar-refractivity contribution < 1.29 is 4.79 Å². The van der Waals surface area contributed by atoms with Crippen molar-refractivity contribution in [2.75, 3.05) is 5.32 Å². The van der Waals surface area contributed by atoms with E-state index in [-0.39, 0.29) is 6.03 Å². The van der Waals surface area contributed by atoms with Gasteiger partial charge in [0, 0.05) is 15.5 Å². The van der Waals surface area contributed by atoms with Gasteiger partial charge >= 0.3 is 6.03 Å². The van der Waals surface area contributed by atoms with Crippen LogP contribution in [0, 0.1) is 0 Å². The Labute approximate surface area is 120 Å². The number of urea groups is 1. The highest BCUT2D eigenvalue weighted by Gasteiger charge is 2.15. The number of hydrogen-bond donors (Lipinski definition) is 2. The predicted octanol–water partition coefficient (Wildman–Crippen LogP) is 4.56. The van der Waals surface area contributed by atoms with E-state index in [1.54, 1.807) is 18.2 Å². The summed E-state index contributed by atoms with van der Waals surface area (Å²) in [5.74, 6) is 0. The fourth-order valence-electron chi connectivity index (χ4n) is 2.18. The molecule has 0 aliphatic heterocycles. The van der Waals surface area contributed by atoms with Crippen LogP contribution >= 0.6 is 27.5 Å². The fraction of sp³-hybridized carbons (Fsp3) is 0.462. The first-order chi connectivity index (χ1) is 8.65. The van der Waals surface area contributed by atoms with Gasteiger partial charge in [-0.25, -0.2) is 4.79 Å². The van der Waals surface area contributed by atoms with E-state index in [4.69, 9.17) is 11.6 Å². The molecule has 0 aromatic heterocycles. The first-order valence-corrected chi connectivity index (χ1v) is 7.35. The summed E-state index contributed by atoms with van der Waals surface area (Å²) >= 11 is 9.22. The van der Waals surface area contributed by atoms with E-state index < -0.39 is 0 Å². The largest absolute Gasteiger partial charge is 0.335 e. The molecular weight excluding hydrogens is 316 g/mol. The molecule has 0 saturated heterocycles.